The van der Waals surface area contributed by atoms with E-state index in [-0.39, 0.29) is 29.7 Å². The van der Waals surface area contributed by atoms with Crippen molar-refractivity contribution < 1.29 is 8.42 Å². The summed E-state index contributed by atoms with van der Waals surface area (Å²) in [7, 11) is -1.26. The Morgan fingerprint density at radius 3 is 2.32 bits per heavy atom. The average Bonchev–Trinajstić information content (AvgIpc) is 2.70. The number of nitrogens with zero attached hydrogens (tertiary/aromatic N) is 3. The fourth-order valence-corrected chi connectivity index (χ4v) is 5.01. The molecular weight excluding hydrogens is 489 g/mol. The standard InChI is InChI=1S/C19H39N5O2S.HI/c1-3-27(25,26)24-16-10-18(11-17-24)22-19(20-2)21-12-6-4-7-13-23-14-8-5-9-15-23;/h18H,3-17H2,1-2H3,(H2,20,21,22);1H. The number of halogens is 1. The molecule has 2 N–H and O–H groups in total. The van der Waals surface area contributed by atoms with E-state index in [4.69, 9.17) is 0 Å². The van der Waals surface area contributed by atoms with Crippen molar-refractivity contribution in [3.8, 4) is 0 Å². The van der Waals surface area contributed by atoms with Crippen molar-refractivity contribution in [2.24, 2.45) is 4.99 Å². The fourth-order valence-electron chi connectivity index (χ4n) is 3.88. The van der Waals surface area contributed by atoms with Crippen molar-refractivity contribution in [3.63, 3.8) is 0 Å². The second-order valence-corrected chi connectivity index (χ2v) is 9.94. The van der Waals surface area contributed by atoms with Crippen LogP contribution in [-0.2, 0) is 10.0 Å². The maximum absolute atomic E-state index is 11.9. The van der Waals surface area contributed by atoms with Crippen molar-refractivity contribution in [2.45, 2.75) is 64.3 Å². The highest BCUT2D eigenvalue weighted by Crippen LogP contribution is 2.14. The van der Waals surface area contributed by atoms with Gasteiger partial charge in [-0.2, -0.15) is 0 Å². The van der Waals surface area contributed by atoms with E-state index in [1.54, 1.807) is 18.3 Å². The molecule has 9 heteroatoms. The Hall–Kier alpha value is -0.130. The predicted molar refractivity (Wildman–Crippen MR) is 128 cm³/mol. The summed E-state index contributed by atoms with van der Waals surface area (Å²) in [6.45, 7) is 7.65. The van der Waals surface area contributed by atoms with Crippen LogP contribution >= 0.6 is 24.0 Å². The van der Waals surface area contributed by atoms with Gasteiger partial charge in [-0.15, -0.1) is 24.0 Å². The highest BCUT2D eigenvalue weighted by atomic mass is 127. The van der Waals surface area contributed by atoms with E-state index in [1.807, 2.05) is 0 Å². The van der Waals surface area contributed by atoms with Gasteiger partial charge in [-0.1, -0.05) is 12.8 Å². The van der Waals surface area contributed by atoms with E-state index < -0.39 is 10.0 Å². The van der Waals surface area contributed by atoms with Crippen LogP contribution in [0.4, 0.5) is 0 Å². The van der Waals surface area contributed by atoms with Gasteiger partial charge in [-0.25, -0.2) is 12.7 Å². The summed E-state index contributed by atoms with van der Waals surface area (Å²) in [4.78, 5) is 6.91. The van der Waals surface area contributed by atoms with Gasteiger partial charge in [0.1, 0.15) is 0 Å². The van der Waals surface area contributed by atoms with Gasteiger partial charge in [-0.05, 0) is 65.1 Å². The lowest BCUT2D eigenvalue weighted by molar-refractivity contribution is 0.224. The number of piperidine rings is 2. The first-order valence-corrected chi connectivity index (χ1v) is 12.3. The number of nitrogens with one attached hydrogen (secondary N) is 2. The molecule has 166 valence electrons. The van der Waals surface area contributed by atoms with Gasteiger partial charge >= 0.3 is 0 Å². The van der Waals surface area contributed by atoms with E-state index in [2.05, 4.69) is 20.5 Å². The van der Waals surface area contributed by atoms with Crippen molar-refractivity contribution in [1.29, 1.82) is 0 Å². The first-order valence-electron chi connectivity index (χ1n) is 10.7. The first kappa shape index (κ1) is 25.9. The van der Waals surface area contributed by atoms with Crippen LogP contribution in [-0.4, -0.2) is 81.7 Å². The maximum atomic E-state index is 11.9. The molecule has 2 heterocycles. The molecule has 0 aliphatic carbocycles. The van der Waals surface area contributed by atoms with Crippen LogP contribution < -0.4 is 10.6 Å². The number of hydrogen-bond donors (Lipinski definition) is 2. The summed E-state index contributed by atoms with van der Waals surface area (Å²) in [6.07, 6.45) is 9.47. The molecule has 0 bridgehead atoms. The smallest absolute Gasteiger partial charge is 0.213 e. The average molecular weight is 530 g/mol. The normalized spacial score (nSPS) is 20.6. The van der Waals surface area contributed by atoms with Crippen LogP contribution in [0.5, 0.6) is 0 Å². The van der Waals surface area contributed by atoms with Gasteiger partial charge in [0.15, 0.2) is 5.96 Å². The topological polar surface area (TPSA) is 77.0 Å². The minimum Gasteiger partial charge on any atom is -0.356 e. The third kappa shape index (κ3) is 9.13. The zero-order valence-electron chi connectivity index (χ0n) is 17.7. The third-order valence-electron chi connectivity index (χ3n) is 5.67. The van der Waals surface area contributed by atoms with Crippen LogP contribution in [0.25, 0.3) is 0 Å². The lowest BCUT2D eigenvalue weighted by Gasteiger charge is -2.32. The van der Waals surface area contributed by atoms with Crippen molar-refractivity contribution in [3.05, 3.63) is 0 Å². The van der Waals surface area contributed by atoms with E-state index in [0.717, 1.165) is 31.8 Å². The van der Waals surface area contributed by atoms with E-state index in [0.29, 0.717) is 19.1 Å². The van der Waals surface area contributed by atoms with Crippen molar-refractivity contribution in [1.82, 2.24) is 19.8 Å². The summed E-state index contributed by atoms with van der Waals surface area (Å²) in [5, 5.41) is 6.85. The number of likely N-dealkylation sites (tertiary alicyclic amines) is 1. The van der Waals surface area contributed by atoms with Gasteiger partial charge in [0.2, 0.25) is 10.0 Å². The molecule has 2 saturated heterocycles. The Morgan fingerprint density at radius 1 is 1.04 bits per heavy atom. The van der Waals surface area contributed by atoms with Crippen LogP contribution in [0, 0.1) is 0 Å². The second-order valence-electron chi connectivity index (χ2n) is 7.68. The lowest BCUT2D eigenvalue weighted by atomic mass is 10.1. The quantitative estimate of drug-likeness (QED) is 0.207. The number of rotatable bonds is 9. The molecule has 2 aliphatic rings. The predicted octanol–water partition coefficient (Wildman–Crippen LogP) is 2.24. The Labute approximate surface area is 189 Å². The molecule has 2 aliphatic heterocycles. The molecule has 2 rings (SSSR count). The van der Waals surface area contributed by atoms with Crippen molar-refractivity contribution in [2.75, 3.05) is 52.1 Å². The first-order chi connectivity index (χ1) is 13.0. The minimum atomic E-state index is -3.05. The van der Waals surface area contributed by atoms with E-state index in [9.17, 15) is 8.42 Å². The van der Waals surface area contributed by atoms with Gasteiger partial charge < -0.3 is 15.5 Å². The number of guanidine groups is 1. The lowest BCUT2D eigenvalue weighted by Crippen LogP contribution is -2.50. The Morgan fingerprint density at radius 2 is 1.71 bits per heavy atom. The molecule has 0 aromatic heterocycles. The number of unbranched alkanes of at least 4 members (excludes halogenated alkanes) is 2. The summed E-state index contributed by atoms with van der Waals surface area (Å²) >= 11 is 0. The summed E-state index contributed by atoms with van der Waals surface area (Å²) in [5.41, 5.74) is 0. The van der Waals surface area contributed by atoms with Crippen LogP contribution in [0.1, 0.15) is 58.3 Å². The summed E-state index contributed by atoms with van der Waals surface area (Å²) in [6, 6.07) is 0.290. The van der Waals surface area contributed by atoms with Gasteiger partial charge in [-0.3, -0.25) is 4.99 Å². The Bertz CT molecular complexity index is 545. The molecule has 0 saturated carbocycles. The molecule has 0 amide bonds. The second kappa shape index (κ2) is 14.0. The molecular formula is C19H40IN5O2S. The molecule has 0 aromatic carbocycles. The molecule has 0 aromatic rings. The SMILES string of the molecule is CCS(=O)(=O)N1CCC(NC(=NC)NCCCCCN2CCCCC2)CC1.I. The number of sulfonamides is 1. The van der Waals surface area contributed by atoms with Crippen LogP contribution in [0.3, 0.4) is 0 Å². The Kier molecular flexibility index (Phi) is 12.9. The largest absolute Gasteiger partial charge is 0.356 e. The molecule has 7 nitrogen and oxygen atoms in total. The fraction of sp³-hybridized carbons (Fsp3) is 0.947. The zero-order valence-corrected chi connectivity index (χ0v) is 20.8. The molecule has 0 radical (unpaired) electrons. The molecule has 0 spiro atoms. The maximum Gasteiger partial charge on any atom is 0.213 e. The molecule has 28 heavy (non-hydrogen) atoms. The highest BCUT2D eigenvalue weighted by Gasteiger charge is 2.26. The van der Waals surface area contributed by atoms with Gasteiger partial charge in [0.05, 0.1) is 5.75 Å². The van der Waals surface area contributed by atoms with E-state index in [1.165, 1.54) is 51.7 Å². The zero-order chi connectivity index (χ0) is 19.5. The Balaban J connectivity index is 0.00000392. The minimum absolute atomic E-state index is 0. The number of aliphatic imine (C=N–C) groups is 1. The van der Waals surface area contributed by atoms with Crippen molar-refractivity contribution >= 4 is 40.0 Å². The monoisotopic (exact) mass is 529 g/mol. The molecule has 0 unspecified atom stereocenters. The third-order valence-corrected chi connectivity index (χ3v) is 7.55. The molecule has 2 fully saturated rings. The highest BCUT2D eigenvalue weighted by molar-refractivity contribution is 14.0. The summed E-state index contributed by atoms with van der Waals surface area (Å²) < 4.78 is 25.5. The molecule has 0 atom stereocenters. The van der Waals surface area contributed by atoms with E-state index >= 15 is 0 Å². The number of hydrogen-bond acceptors (Lipinski definition) is 4. The van der Waals surface area contributed by atoms with Gasteiger partial charge in [0.25, 0.3) is 0 Å². The van der Waals surface area contributed by atoms with Gasteiger partial charge in [0, 0.05) is 32.7 Å². The van der Waals surface area contributed by atoms with Crippen LogP contribution in [0.15, 0.2) is 4.99 Å². The van der Waals surface area contributed by atoms with Crippen LogP contribution in [0.2, 0.25) is 0 Å². The summed E-state index contributed by atoms with van der Waals surface area (Å²) in [5.74, 6) is 1.02.